The molecule has 1 saturated carbocycles. The molecule has 4 heterocycles. The van der Waals surface area contributed by atoms with E-state index in [-0.39, 0.29) is 29.3 Å². The van der Waals surface area contributed by atoms with E-state index in [1.54, 1.807) is 11.1 Å². The molecule has 4 aromatic rings. The highest BCUT2D eigenvalue weighted by Gasteiger charge is 2.38. The van der Waals surface area contributed by atoms with Gasteiger partial charge in [-0.1, -0.05) is 31.2 Å². The second-order valence-corrected chi connectivity index (χ2v) is 10.4. The zero-order chi connectivity index (χ0) is 26.2. The average molecular weight is 515 g/mol. The molecular weight excluding hydrogens is 484 g/mol. The number of carbonyl (C=O) groups is 2. The first kappa shape index (κ1) is 24.4. The first-order chi connectivity index (χ1) is 18.5. The third-order valence-corrected chi connectivity index (χ3v) is 7.78. The minimum Gasteiger partial charge on any atom is -0.477 e. The standard InChI is InChI=1S/C30H30N2O6/c1-18-4-6-21(7-5-18)28(33)32(22-12-14-36-17-22)29-23(30(34)35)15-26(38-29)19-8-10-20(11-9-19)27-16-24-25(37-27)3-2-13-31-24/h2-3,8-11,13,15-16,18,21-22H,4-7,12,14,17H2,1H3,(H,34,35)/t18-,21-,22?. The molecular formula is C30H30N2O6. The van der Waals surface area contributed by atoms with E-state index in [0.29, 0.717) is 48.2 Å². The molecule has 6 rings (SSSR count). The fraction of sp³-hybridized carbons (Fsp3) is 0.367. The maximum Gasteiger partial charge on any atom is 0.341 e. The summed E-state index contributed by atoms with van der Waals surface area (Å²) >= 11 is 0. The van der Waals surface area contributed by atoms with E-state index in [4.69, 9.17) is 13.6 Å². The first-order valence-electron chi connectivity index (χ1n) is 13.2. The Labute approximate surface area is 220 Å². The third kappa shape index (κ3) is 4.60. The Kier molecular flexibility index (Phi) is 6.49. The molecule has 1 atom stereocenters. The molecule has 2 fully saturated rings. The number of aromatic carboxylic acids is 1. The molecule has 1 saturated heterocycles. The number of ether oxygens (including phenoxy) is 1. The van der Waals surface area contributed by atoms with E-state index in [2.05, 4.69) is 11.9 Å². The van der Waals surface area contributed by atoms with Crippen LogP contribution in [0.25, 0.3) is 33.7 Å². The fourth-order valence-electron chi connectivity index (χ4n) is 5.54. The van der Waals surface area contributed by atoms with Crippen LogP contribution in [0.2, 0.25) is 0 Å². The predicted molar refractivity (Wildman–Crippen MR) is 142 cm³/mol. The Balaban J connectivity index is 1.33. The number of carboxylic acids is 1. The lowest BCUT2D eigenvalue weighted by Gasteiger charge is -2.33. The number of rotatable bonds is 6. The van der Waals surface area contributed by atoms with Crippen LogP contribution in [0.15, 0.2) is 63.6 Å². The SMILES string of the molecule is C[C@H]1CC[C@H](C(=O)N(c2oc(-c3ccc(-c4cc5ncccc5o4)cc3)cc2C(=O)O)C2CCOC2)CC1. The van der Waals surface area contributed by atoms with Crippen LogP contribution in [0.1, 0.15) is 49.4 Å². The van der Waals surface area contributed by atoms with Crippen LogP contribution in [0.3, 0.4) is 0 Å². The number of fused-ring (bicyclic) bond motifs is 1. The van der Waals surface area contributed by atoms with Crippen LogP contribution in [-0.4, -0.2) is 41.2 Å². The van der Waals surface area contributed by atoms with Gasteiger partial charge in [0.05, 0.1) is 12.6 Å². The Morgan fingerprint density at radius 1 is 0.947 bits per heavy atom. The smallest absolute Gasteiger partial charge is 0.341 e. The highest BCUT2D eigenvalue weighted by Crippen LogP contribution is 2.38. The minimum absolute atomic E-state index is 0.0168. The number of nitrogens with zero attached hydrogens (tertiary/aromatic N) is 2. The zero-order valence-corrected chi connectivity index (χ0v) is 21.3. The molecule has 1 amide bonds. The molecule has 8 nitrogen and oxygen atoms in total. The normalized spacial score (nSPS) is 21.6. The van der Waals surface area contributed by atoms with E-state index in [0.717, 1.165) is 36.8 Å². The average Bonchev–Trinajstić information content (AvgIpc) is 3.69. The van der Waals surface area contributed by atoms with E-state index in [1.807, 2.05) is 42.5 Å². The minimum atomic E-state index is -1.13. The largest absolute Gasteiger partial charge is 0.477 e. The van der Waals surface area contributed by atoms with Gasteiger partial charge in [-0.05, 0) is 50.2 Å². The van der Waals surface area contributed by atoms with Crippen molar-refractivity contribution in [1.29, 1.82) is 0 Å². The number of benzene rings is 1. The Bertz CT molecular complexity index is 1420. The van der Waals surface area contributed by atoms with Gasteiger partial charge in [-0.25, -0.2) is 4.79 Å². The van der Waals surface area contributed by atoms with Gasteiger partial charge in [0.25, 0.3) is 0 Å². The van der Waals surface area contributed by atoms with Gasteiger partial charge in [0, 0.05) is 42.0 Å². The van der Waals surface area contributed by atoms with Gasteiger partial charge in [-0.2, -0.15) is 0 Å². The molecule has 38 heavy (non-hydrogen) atoms. The van der Waals surface area contributed by atoms with Gasteiger partial charge >= 0.3 is 5.97 Å². The monoisotopic (exact) mass is 514 g/mol. The van der Waals surface area contributed by atoms with Crippen molar-refractivity contribution < 1.29 is 28.3 Å². The van der Waals surface area contributed by atoms with Crippen molar-refractivity contribution in [2.75, 3.05) is 18.1 Å². The molecule has 1 aliphatic carbocycles. The number of carboxylic acid groups (broad SMARTS) is 1. The van der Waals surface area contributed by atoms with Crippen molar-refractivity contribution >= 4 is 28.9 Å². The van der Waals surface area contributed by atoms with Crippen LogP contribution in [0, 0.1) is 11.8 Å². The first-order valence-corrected chi connectivity index (χ1v) is 13.2. The van der Waals surface area contributed by atoms with Gasteiger partial charge in [-0.15, -0.1) is 0 Å². The third-order valence-electron chi connectivity index (χ3n) is 7.78. The zero-order valence-electron chi connectivity index (χ0n) is 21.3. The van der Waals surface area contributed by atoms with Gasteiger partial charge in [0.1, 0.15) is 22.6 Å². The molecule has 1 aliphatic heterocycles. The number of pyridine rings is 1. The second kappa shape index (κ2) is 10.1. The van der Waals surface area contributed by atoms with Crippen molar-refractivity contribution in [3.63, 3.8) is 0 Å². The van der Waals surface area contributed by atoms with Crippen molar-refractivity contribution in [2.24, 2.45) is 11.8 Å². The Morgan fingerprint density at radius 3 is 2.29 bits per heavy atom. The molecule has 0 radical (unpaired) electrons. The number of amides is 1. The van der Waals surface area contributed by atoms with Crippen LogP contribution in [0.5, 0.6) is 0 Å². The second-order valence-electron chi connectivity index (χ2n) is 10.4. The molecule has 2 aliphatic rings. The number of hydrogen-bond donors (Lipinski definition) is 1. The molecule has 8 heteroatoms. The summed E-state index contributed by atoms with van der Waals surface area (Å²) in [6, 6.07) is 14.4. The fourth-order valence-corrected chi connectivity index (χ4v) is 5.54. The highest BCUT2D eigenvalue weighted by molar-refractivity contribution is 6.02. The topological polar surface area (TPSA) is 106 Å². The summed E-state index contributed by atoms with van der Waals surface area (Å²) < 4.78 is 17.7. The van der Waals surface area contributed by atoms with Crippen LogP contribution >= 0.6 is 0 Å². The van der Waals surface area contributed by atoms with E-state index in [9.17, 15) is 14.7 Å². The molecule has 0 spiro atoms. The molecule has 3 aromatic heterocycles. The van der Waals surface area contributed by atoms with Crippen molar-refractivity contribution in [3.05, 3.63) is 60.3 Å². The number of furan rings is 2. The summed E-state index contributed by atoms with van der Waals surface area (Å²) in [6.45, 7) is 3.11. The Morgan fingerprint density at radius 2 is 1.66 bits per heavy atom. The lowest BCUT2D eigenvalue weighted by molar-refractivity contribution is -0.124. The van der Waals surface area contributed by atoms with Gasteiger partial charge in [0.15, 0.2) is 5.58 Å². The van der Waals surface area contributed by atoms with Crippen molar-refractivity contribution in [1.82, 2.24) is 4.98 Å². The van der Waals surface area contributed by atoms with Gasteiger partial charge in [0.2, 0.25) is 11.8 Å². The van der Waals surface area contributed by atoms with E-state index >= 15 is 0 Å². The summed E-state index contributed by atoms with van der Waals surface area (Å²) in [5, 5.41) is 10.1. The summed E-state index contributed by atoms with van der Waals surface area (Å²) in [5.41, 5.74) is 3.04. The summed E-state index contributed by atoms with van der Waals surface area (Å²) in [4.78, 5) is 32.0. The van der Waals surface area contributed by atoms with Crippen LogP contribution in [-0.2, 0) is 9.53 Å². The lowest BCUT2D eigenvalue weighted by Crippen LogP contribution is -2.45. The summed E-state index contributed by atoms with van der Waals surface area (Å²) in [6.07, 6.45) is 5.96. The number of aromatic nitrogens is 1. The van der Waals surface area contributed by atoms with Crippen molar-refractivity contribution in [3.8, 4) is 22.6 Å². The van der Waals surface area contributed by atoms with Gasteiger partial charge in [-0.3, -0.25) is 14.7 Å². The lowest BCUT2D eigenvalue weighted by atomic mass is 9.82. The Hall–Kier alpha value is -3.91. The molecule has 196 valence electrons. The van der Waals surface area contributed by atoms with Crippen molar-refractivity contribution in [2.45, 2.75) is 45.1 Å². The molecule has 1 N–H and O–H groups in total. The summed E-state index contributed by atoms with van der Waals surface area (Å²) in [7, 11) is 0. The highest BCUT2D eigenvalue weighted by atomic mass is 16.5. The molecule has 1 unspecified atom stereocenters. The molecule has 1 aromatic carbocycles. The van der Waals surface area contributed by atoms with Crippen LogP contribution < -0.4 is 4.90 Å². The summed E-state index contributed by atoms with van der Waals surface area (Å²) in [5.74, 6) is 0.449. The number of anilines is 1. The van der Waals surface area contributed by atoms with E-state index < -0.39 is 5.97 Å². The maximum absolute atomic E-state index is 13.8. The number of hydrogen-bond acceptors (Lipinski definition) is 6. The van der Waals surface area contributed by atoms with Crippen LogP contribution in [0.4, 0.5) is 5.88 Å². The maximum atomic E-state index is 13.8. The quantitative estimate of drug-likeness (QED) is 0.317. The molecule has 0 bridgehead atoms. The van der Waals surface area contributed by atoms with E-state index in [1.165, 1.54) is 6.07 Å². The van der Waals surface area contributed by atoms with Gasteiger partial charge < -0.3 is 18.7 Å². The number of carbonyl (C=O) groups excluding carboxylic acids is 1. The predicted octanol–water partition coefficient (Wildman–Crippen LogP) is 6.40.